The molecule has 6 heteroatoms. The maximum absolute atomic E-state index is 12.0. The standard InChI is InChI=1S/C14H18N2O3S/c1-9(2)12-6-11(16-19-12)13(17)15-8-14(3,18)10-4-5-20-7-10/h4-7,9,18H,8H2,1-3H3,(H,15,17). The van der Waals surface area contributed by atoms with Crippen molar-refractivity contribution in [2.24, 2.45) is 0 Å². The molecule has 0 fully saturated rings. The lowest BCUT2D eigenvalue weighted by molar-refractivity contribution is 0.0527. The highest BCUT2D eigenvalue weighted by Crippen LogP contribution is 2.22. The average Bonchev–Trinajstić information content (AvgIpc) is 3.06. The molecule has 0 aromatic carbocycles. The predicted octanol–water partition coefficient (Wildman–Crippen LogP) is 2.50. The molecule has 0 radical (unpaired) electrons. The van der Waals surface area contributed by atoms with Crippen LogP contribution in [0.1, 0.15) is 48.5 Å². The number of carbonyl (C=O) groups excluding carboxylic acids is 1. The highest BCUT2D eigenvalue weighted by atomic mass is 32.1. The van der Waals surface area contributed by atoms with Crippen LogP contribution in [0.4, 0.5) is 0 Å². The van der Waals surface area contributed by atoms with Gasteiger partial charge in [-0.05, 0) is 29.3 Å². The summed E-state index contributed by atoms with van der Waals surface area (Å²) < 4.78 is 5.08. The van der Waals surface area contributed by atoms with Crippen molar-refractivity contribution in [2.45, 2.75) is 32.3 Å². The first-order valence-corrected chi connectivity index (χ1v) is 7.34. The topological polar surface area (TPSA) is 75.4 Å². The van der Waals surface area contributed by atoms with Gasteiger partial charge in [-0.2, -0.15) is 11.3 Å². The van der Waals surface area contributed by atoms with E-state index in [4.69, 9.17) is 4.52 Å². The zero-order chi connectivity index (χ0) is 14.8. The molecule has 1 atom stereocenters. The number of nitrogens with one attached hydrogen (secondary N) is 1. The molecule has 0 aliphatic heterocycles. The van der Waals surface area contributed by atoms with Gasteiger partial charge in [0.15, 0.2) is 5.69 Å². The molecule has 0 saturated carbocycles. The van der Waals surface area contributed by atoms with E-state index in [0.29, 0.717) is 5.76 Å². The number of rotatable bonds is 5. The second kappa shape index (κ2) is 5.76. The molecule has 0 saturated heterocycles. The highest BCUT2D eigenvalue weighted by Gasteiger charge is 2.25. The van der Waals surface area contributed by atoms with Crippen LogP contribution < -0.4 is 5.32 Å². The quantitative estimate of drug-likeness (QED) is 0.888. The van der Waals surface area contributed by atoms with Crippen molar-refractivity contribution >= 4 is 17.2 Å². The van der Waals surface area contributed by atoms with E-state index >= 15 is 0 Å². The fourth-order valence-corrected chi connectivity index (χ4v) is 2.47. The Hall–Kier alpha value is -1.66. The summed E-state index contributed by atoms with van der Waals surface area (Å²) >= 11 is 1.50. The van der Waals surface area contributed by atoms with Crippen molar-refractivity contribution in [1.82, 2.24) is 10.5 Å². The zero-order valence-electron chi connectivity index (χ0n) is 11.7. The largest absolute Gasteiger partial charge is 0.384 e. The molecule has 2 rings (SSSR count). The van der Waals surface area contributed by atoms with Crippen molar-refractivity contribution in [3.63, 3.8) is 0 Å². The van der Waals surface area contributed by atoms with Gasteiger partial charge in [0.05, 0.1) is 6.54 Å². The van der Waals surface area contributed by atoms with Gasteiger partial charge in [0.1, 0.15) is 11.4 Å². The van der Waals surface area contributed by atoms with Crippen molar-refractivity contribution in [3.05, 3.63) is 39.9 Å². The number of nitrogens with zero attached hydrogens (tertiary/aromatic N) is 1. The molecule has 1 amide bonds. The summed E-state index contributed by atoms with van der Waals surface area (Å²) in [5.41, 5.74) is -0.0825. The van der Waals surface area contributed by atoms with Crippen LogP contribution in [0.3, 0.4) is 0 Å². The van der Waals surface area contributed by atoms with Crippen LogP contribution in [0.2, 0.25) is 0 Å². The summed E-state index contributed by atoms with van der Waals surface area (Å²) in [5.74, 6) is 0.494. The summed E-state index contributed by atoms with van der Waals surface area (Å²) in [5, 5.41) is 20.5. The number of hydrogen-bond donors (Lipinski definition) is 2. The number of carbonyl (C=O) groups is 1. The number of hydrogen-bond acceptors (Lipinski definition) is 5. The second-order valence-electron chi connectivity index (χ2n) is 5.24. The molecule has 0 aliphatic rings. The minimum absolute atomic E-state index is 0.117. The first-order valence-electron chi connectivity index (χ1n) is 6.40. The molecule has 0 aliphatic carbocycles. The van der Waals surface area contributed by atoms with Gasteiger partial charge in [-0.3, -0.25) is 4.79 Å². The minimum atomic E-state index is -1.10. The van der Waals surface area contributed by atoms with Crippen LogP contribution >= 0.6 is 11.3 Å². The second-order valence-corrected chi connectivity index (χ2v) is 6.02. The van der Waals surface area contributed by atoms with Crippen molar-refractivity contribution in [1.29, 1.82) is 0 Å². The van der Waals surface area contributed by atoms with Crippen LogP contribution in [-0.4, -0.2) is 22.7 Å². The summed E-state index contributed by atoms with van der Waals surface area (Å²) in [4.78, 5) is 12.0. The summed E-state index contributed by atoms with van der Waals surface area (Å²) in [6.07, 6.45) is 0. The van der Waals surface area contributed by atoms with E-state index in [1.165, 1.54) is 11.3 Å². The number of thiophene rings is 1. The fourth-order valence-electron chi connectivity index (χ4n) is 1.68. The third-order valence-corrected chi connectivity index (χ3v) is 3.75. The molecule has 2 N–H and O–H groups in total. The van der Waals surface area contributed by atoms with Gasteiger partial charge in [0, 0.05) is 12.0 Å². The molecule has 0 bridgehead atoms. The molecular formula is C14H18N2O3S. The number of amides is 1. The van der Waals surface area contributed by atoms with Crippen molar-refractivity contribution in [2.75, 3.05) is 6.54 Å². The zero-order valence-corrected chi connectivity index (χ0v) is 12.5. The lowest BCUT2D eigenvalue weighted by Crippen LogP contribution is -2.38. The van der Waals surface area contributed by atoms with E-state index in [2.05, 4.69) is 10.5 Å². The van der Waals surface area contributed by atoms with E-state index in [1.54, 1.807) is 13.0 Å². The number of aliphatic hydroxyl groups is 1. The monoisotopic (exact) mass is 294 g/mol. The Balaban J connectivity index is 1.98. The van der Waals surface area contributed by atoms with E-state index in [9.17, 15) is 9.90 Å². The number of aromatic nitrogens is 1. The molecule has 2 heterocycles. The molecule has 5 nitrogen and oxygen atoms in total. The van der Waals surface area contributed by atoms with Gasteiger partial charge in [-0.25, -0.2) is 0 Å². The maximum atomic E-state index is 12.0. The van der Waals surface area contributed by atoms with Crippen LogP contribution in [-0.2, 0) is 5.60 Å². The average molecular weight is 294 g/mol. The lowest BCUT2D eigenvalue weighted by atomic mass is 9.99. The molecular weight excluding hydrogens is 276 g/mol. The Bertz CT molecular complexity index is 573. The Labute approximate surface area is 121 Å². The molecule has 2 aromatic heterocycles. The van der Waals surface area contributed by atoms with E-state index < -0.39 is 5.60 Å². The van der Waals surface area contributed by atoms with Crippen LogP contribution in [0.15, 0.2) is 27.4 Å². The Morgan fingerprint density at radius 1 is 1.60 bits per heavy atom. The predicted molar refractivity (Wildman–Crippen MR) is 76.8 cm³/mol. The fraction of sp³-hybridized carbons (Fsp3) is 0.429. The van der Waals surface area contributed by atoms with E-state index in [0.717, 1.165) is 5.56 Å². The molecule has 2 aromatic rings. The van der Waals surface area contributed by atoms with Gasteiger partial charge < -0.3 is 14.9 Å². The molecule has 108 valence electrons. The Morgan fingerprint density at radius 3 is 2.90 bits per heavy atom. The van der Waals surface area contributed by atoms with Gasteiger partial charge in [0.25, 0.3) is 5.91 Å². The van der Waals surface area contributed by atoms with Crippen molar-refractivity contribution in [3.8, 4) is 0 Å². The molecule has 0 spiro atoms. The van der Waals surface area contributed by atoms with Gasteiger partial charge in [0.2, 0.25) is 0 Å². The molecule has 20 heavy (non-hydrogen) atoms. The third-order valence-electron chi connectivity index (χ3n) is 3.07. The Morgan fingerprint density at radius 2 is 2.35 bits per heavy atom. The maximum Gasteiger partial charge on any atom is 0.273 e. The summed E-state index contributed by atoms with van der Waals surface area (Å²) in [6, 6.07) is 3.46. The lowest BCUT2D eigenvalue weighted by Gasteiger charge is -2.22. The smallest absolute Gasteiger partial charge is 0.273 e. The van der Waals surface area contributed by atoms with E-state index in [1.807, 2.05) is 30.7 Å². The first-order chi connectivity index (χ1) is 9.40. The summed E-state index contributed by atoms with van der Waals surface area (Å²) in [7, 11) is 0. The highest BCUT2D eigenvalue weighted by molar-refractivity contribution is 7.08. The summed E-state index contributed by atoms with van der Waals surface area (Å²) in [6.45, 7) is 5.71. The normalized spacial score (nSPS) is 14.2. The van der Waals surface area contributed by atoms with Crippen LogP contribution in [0, 0.1) is 0 Å². The van der Waals surface area contributed by atoms with Gasteiger partial charge >= 0.3 is 0 Å². The van der Waals surface area contributed by atoms with Crippen LogP contribution in [0.5, 0.6) is 0 Å². The first kappa shape index (κ1) is 14.7. The van der Waals surface area contributed by atoms with Gasteiger partial charge in [-0.1, -0.05) is 19.0 Å². The molecule has 1 unspecified atom stereocenters. The SMILES string of the molecule is CC(C)c1cc(C(=O)NCC(C)(O)c2ccsc2)no1. The Kier molecular flexibility index (Phi) is 4.25. The minimum Gasteiger partial charge on any atom is -0.384 e. The van der Waals surface area contributed by atoms with Crippen molar-refractivity contribution < 1.29 is 14.4 Å². The van der Waals surface area contributed by atoms with Crippen LogP contribution in [0.25, 0.3) is 0 Å². The van der Waals surface area contributed by atoms with E-state index in [-0.39, 0.29) is 24.1 Å². The van der Waals surface area contributed by atoms with Gasteiger partial charge in [-0.15, -0.1) is 0 Å². The third kappa shape index (κ3) is 3.26.